The number of nitrogens with one attached hydrogen (secondary N) is 1. The summed E-state index contributed by atoms with van der Waals surface area (Å²) in [5.41, 5.74) is 4.26. The number of quaternary nitrogens is 1. The van der Waals surface area contributed by atoms with E-state index in [0.717, 1.165) is 32.5 Å². The van der Waals surface area contributed by atoms with Gasteiger partial charge in [-0.25, -0.2) is 4.79 Å². The predicted molar refractivity (Wildman–Crippen MR) is 99.3 cm³/mol. The normalized spacial score (nSPS) is 12.5. The van der Waals surface area contributed by atoms with Crippen LogP contribution in [0.1, 0.15) is 22.3 Å². The van der Waals surface area contributed by atoms with Crippen molar-refractivity contribution in [2.75, 3.05) is 7.05 Å². The first kappa shape index (κ1) is 19.0. The van der Waals surface area contributed by atoms with Crippen molar-refractivity contribution in [3.8, 4) is 5.75 Å². The van der Waals surface area contributed by atoms with E-state index in [1.165, 1.54) is 12.1 Å². The average Bonchev–Trinajstić information content (AvgIpc) is 2.60. The Kier molecular flexibility index (Phi) is 5.56. The van der Waals surface area contributed by atoms with Gasteiger partial charge in [0.2, 0.25) is 0 Å². The zero-order valence-electron chi connectivity index (χ0n) is 15.5. The van der Waals surface area contributed by atoms with Crippen LogP contribution in [0, 0.1) is 13.8 Å². The molecule has 0 saturated carbocycles. The summed E-state index contributed by atoms with van der Waals surface area (Å²) in [4.78, 5) is 13.1. The van der Waals surface area contributed by atoms with Gasteiger partial charge in [-0.1, -0.05) is 12.1 Å². The van der Waals surface area contributed by atoms with Crippen LogP contribution in [0.5, 0.6) is 5.75 Å². The van der Waals surface area contributed by atoms with E-state index in [-0.39, 0.29) is 11.4 Å². The number of rotatable bonds is 6. The monoisotopic (exact) mass is 374 g/mol. The molecule has 0 aliphatic carbocycles. The second-order valence-electron chi connectivity index (χ2n) is 6.81. The van der Waals surface area contributed by atoms with Gasteiger partial charge in [-0.05, 0) is 49.2 Å². The molecular formula is C21H22F2NO3+. The van der Waals surface area contributed by atoms with Crippen molar-refractivity contribution < 1.29 is 22.8 Å². The Morgan fingerprint density at radius 1 is 1.07 bits per heavy atom. The fourth-order valence-electron chi connectivity index (χ4n) is 3.20. The van der Waals surface area contributed by atoms with Gasteiger partial charge in [-0.2, -0.15) is 8.78 Å². The van der Waals surface area contributed by atoms with Crippen LogP contribution in [0.25, 0.3) is 11.0 Å². The highest BCUT2D eigenvalue weighted by molar-refractivity contribution is 5.83. The zero-order valence-corrected chi connectivity index (χ0v) is 15.5. The van der Waals surface area contributed by atoms with Crippen molar-refractivity contribution in [1.29, 1.82) is 0 Å². The van der Waals surface area contributed by atoms with Crippen molar-refractivity contribution in [2.24, 2.45) is 0 Å². The fourth-order valence-corrected chi connectivity index (χ4v) is 3.20. The molecule has 1 N–H and O–H groups in total. The minimum atomic E-state index is -2.82. The molecule has 0 bridgehead atoms. The maximum Gasteiger partial charge on any atom is 0.387 e. The van der Waals surface area contributed by atoms with E-state index < -0.39 is 6.61 Å². The molecule has 0 aliphatic rings. The average molecular weight is 374 g/mol. The third kappa shape index (κ3) is 4.52. The van der Waals surface area contributed by atoms with Gasteiger partial charge < -0.3 is 14.1 Å². The minimum absolute atomic E-state index is 0.143. The maximum absolute atomic E-state index is 12.2. The number of benzene rings is 2. The molecule has 142 valence electrons. The number of aryl methyl sites for hydroxylation is 2. The van der Waals surface area contributed by atoms with Crippen molar-refractivity contribution >= 4 is 11.0 Å². The number of alkyl halides is 2. The number of ether oxygens (including phenoxy) is 1. The van der Waals surface area contributed by atoms with Crippen LogP contribution in [-0.4, -0.2) is 13.7 Å². The smallest absolute Gasteiger partial charge is 0.387 e. The van der Waals surface area contributed by atoms with Gasteiger partial charge in [0, 0.05) is 22.6 Å². The summed E-state index contributed by atoms with van der Waals surface area (Å²) in [6.07, 6.45) is 0. The Balaban J connectivity index is 1.79. The Hall–Kier alpha value is -2.73. The molecule has 3 aromatic rings. The van der Waals surface area contributed by atoms with Crippen LogP contribution in [0.2, 0.25) is 0 Å². The third-order valence-electron chi connectivity index (χ3n) is 4.66. The van der Waals surface area contributed by atoms with E-state index in [2.05, 4.69) is 4.74 Å². The lowest BCUT2D eigenvalue weighted by Gasteiger charge is -2.16. The summed E-state index contributed by atoms with van der Waals surface area (Å²) >= 11 is 0. The second-order valence-corrected chi connectivity index (χ2v) is 6.81. The molecule has 1 unspecified atom stereocenters. The SMILES string of the molecule is Cc1ccc2c(C[NH+](C)Cc3ccc(OC(F)F)cc3)cc(=O)oc2c1C. The number of hydrogen-bond donors (Lipinski definition) is 1. The van der Waals surface area contributed by atoms with Crippen LogP contribution in [-0.2, 0) is 13.1 Å². The van der Waals surface area contributed by atoms with Crippen molar-refractivity contribution in [3.05, 3.63) is 75.1 Å². The van der Waals surface area contributed by atoms with E-state index >= 15 is 0 Å². The maximum atomic E-state index is 12.2. The van der Waals surface area contributed by atoms with Gasteiger partial charge in [-0.15, -0.1) is 0 Å². The molecule has 1 aromatic heterocycles. The highest BCUT2D eigenvalue weighted by Gasteiger charge is 2.14. The molecule has 0 amide bonds. The van der Waals surface area contributed by atoms with Crippen molar-refractivity contribution in [1.82, 2.24) is 0 Å². The number of fused-ring (bicyclic) bond motifs is 1. The Bertz CT molecular complexity index is 997. The Morgan fingerprint density at radius 2 is 1.78 bits per heavy atom. The summed E-state index contributed by atoms with van der Waals surface area (Å²) in [5.74, 6) is 0.143. The lowest BCUT2D eigenvalue weighted by Crippen LogP contribution is -3.06. The molecule has 1 atom stereocenters. The van der Waals surface area contributed by atoms with Gasteiger partial charge in [0.25, 0.3) is 0 Å². The van der Waals surface area contributed by atoms with Gasteiger partial charge >= 0.3 is 12.2 Å². The molecule has 0 fully saturated rings. The summed E-state index contributed by atoms with van der Waals surface area (Å²) in [7, 11) is 2.02. The Morgan fingerprint density at radius 3 is 2.44 bits per heavy atom. The lowest BCUT2D eigenvalue weighted by molar-refractivity contribution is -0.907. The molecule has 2 aromatic carbocycles. The van der Waals surface area contributed by atoms with E-state index in [0.29, 0.717) is 18.7 Å². The van der Waals surface area contributed by atoms with E-state index in [4.69, 9.17) is 4.42 Å². The molecule has 1 heterocycles. The first-order chi connectivity index (χ1) is 12.8. The highest BCUT2D eigenvalue weighted by Crippen LogP contribution is 2.23. The molecule has 0 aliphatic heterocycles. The first-order valence-electron chi connectivity index (χ1n) is 8.71. The van der Waals surface area contributed by atoms with E-state index in [1.807, 2.05) is 33.0 Å². The van der Waals surface area contributed by atoms with Gasteiger partial charge in [-0.3, -0.25) is 0 Å². The summed E-state index contributed by atoms with van der Waals surface area (Å²) in [6, 6.07) is 12.2. The summed E-state index contributed by atoms with van der Waals surface area (Å²) in [6.45, 7) is 2.43. The van der Waals surface area contributed by atoms with E-state index in [9.17, 15) is 13.6 Å². The topological polar surface area (TPSA) is 43.9 Å². The highest BCUT2D eigenvalue weighted by atomic mass is 19.3. The van der Waals surface area contributed by atoms with Gasteiger partial charge in [0.1, 0.15) is 24.4 Å². The first-order valence-corrected chi connectivity index (χ1v) is 8.71. The van der Waals surface area contributed by atoms with E-state index in [1.54, 1.807) is 18.2 Å². The quantitative estimate of drug-likeness (QED) is 0.674. The molecule has 3 rings (SSSR count). The molecule has 27 heavy (non-hydrogen) atoms. The summed E-state index contributed by atoms with van der Waals surface area (Å²) < 4.78 is 34.2. The second kappa shape index (κ2) is 7.88. The lowest BCUT2D eigenvalue weighted by atomic mass is 10.0. The third-order valence-corrected chi connectivity index (χ3v) is 4.66. The molecule has 6 heteroatoms. The van der Waals surface area contributed by atoms with Crippen LogP contribution in [0.15, 0.2) is 51.7 Å². The number of hydrogen-bond acceptors (Lipinski definition) is 3. The molecule has 0 radical (unpaired) electrons. The zero-order chi connectivity index (χ0) is 19.6. The fraction of sp³-hybridized carbons (Fsp3) is 0.286. The van der Waals surface area contributed by atoms with Crippen LogP contribution in [0.4, 0.5) is 8.78 Å². The molecular weight excluding hydrogens is 352 g/mol. The van der Waals surface area contributed by atoms with Crippen LogP contribution >= 0.6 is 0 Å². The van der Waals surface area contributed by atoms with Gasteiger partial charge in [0.05, 0.1) is 7.05 Å². The predicted octanol–water partition coefficient (Wildman–Crippen LogP) is 3.23. The molecule has 0 spiro atoms. The van der Waals surface area contributed by atoms with Gasteiger partial charge in [0.15, 0.2) is 0 Å². The minimum Gasteiger partial charge on any atom is -0.435 e. The van der Waals surface area contributed by atoms with Crippen LogP contribution < -0.4 is 15.3 Å². The molecule has 4 nitrogen and oxygen atoms in total. The largest absolute Gasteiger partial charge is 0.435 e. The standard InChI is InChI=1S/C21H21F2NO3/c1-13-4-9-18-16(10-19(25)27-20(18)14(13)2)12-24(3)11-15-5-7-17(8-6-15)26-21(22)23/h4-10,21H,11-12H2,1-3H3/p+1. The van der Waals surface area contributed by atoms with Crippen LogP contribution in [0.3, 0.4) is 0 Å². The van der Waals surface area contributed by atoms with Crippen molar-refractivity contribution in [2.45, 2.75) is 33.5 Å². The summed E-state index contributed by atoms with van der Waals surface area (Å²) in [5, 5.41) is 0.942. The Labute approximate surface area is 156 Å². The number of halogens is 2. The van der Waals surface area contributed by atoms with Crippen molar-refractivity contribution in [3.63, 3.8) is 0 Å². The molecule has 0 saturated heterocycles.